The molecule has 0 amide bonds. The van der Waals surface area contributed by atoms with E-state index in [0.717, 1.165) is 0 Å². The van der Waals surface area contributed by atoms with Crippen LogP contribution >= 0.6 is 23.2 Å². The van der Waals surface area contributed by atoms with Gasteiger partial charge in [-0.15, -0.1) is 0 Å². The van der Waals surface area contributed by atoms with Gasteiger partial charge in [0.2, 0.25) is 0 Å². The van der Waals surface area contributed by atoms with Crippen molar-refractivity contribution in [1.29, 1.82) is 0 Å². The van der Waals surface area contributed by atoms with Crippen molar-refractivity contribution in [3.63, 3.8) is 0 Å². The summed E-state index contributed by atoms with van der Waals surface area (Å²) in [6.07, 6.45) is 0. The fraction of sp³-hybridized carbons (Fsp3) is 0.278. The number of hydrogen-bond donors (Lipinski definition) is 1. The van der Waals surface area contributed by atoms with Crippen LogP contribution in [0.1, 0.15) is 32.6 Å². The molecule has 128 valence electrons. The molecule has 0 unspecified atom stereocenters. The molecule has 0 atom stereocenters. The Hall–Kier alpha value is -1.75. The van der Waals surface area contributed by atoms with Crippen LogP contribution in [0.3, 0.4) is 0 Å². The Morgan fingerprint density at radius 3 is 2.25 bits per heavy atom. The molecule has 2 aromatic carbocycles. The largest absolute Gasteiger partial charge is 0.493 e. The average Bonchev–Trinajstić information content (AvgIpc) is 2.56. The summed E-state index contributed by atoms with van der Waals surface area (Å²) >= 11 is 12.4. The molecule has 24 heavy (non-hydrogen) atoms. The first-order valence-electron chi connectivity index (χ1n) is 7.21. The molecule has 0 spiro atoms. The monoisotopic (exact) mass is 368 g/mol. The Morgan fingerprint density at radius 2 is 1.71 bits per heavy atom. The quantitative estimate of drug-likeness (QED) is 0.797. The number of carbonyl (C=O) groups excluding carboxylic acids is 1. The predicted molar refractivity (Wildman–Crippen MR) is 94.8 cm³/mol. The van der Waals surface area contributed by atoms with Crippen LogP contribution in [0.2, 0.25) is 10.0 Å². The van der Waals surface area contributed by atoms with Crippen LogP contribution in [-0.4, -0.2) is 25.1 Å². The fourth-order valence-electron chi connectivity index (χ4n) is 2.73. The van der Waals surface area contributed by atoms with Crippen molar-refractivity contribution in [1.82, 2.24) is 0 Å². The molecule has 6 heteroatoms. The van der Waals surface area contributed by atoms with Gasteiger partial charge in [0, 0.05) is 21.7 Å². The molecule has 4 nitrogen and oxygen atoms in total. The second kappa shape index (κ2) is 7.43. The number of ether oxygens (including phenoxy) is 2. The van der Waals surface area contributed by atoms with Crippen LogP contribution in [0.25, 0.3) is 0 Å². The highest BCUT2D eigenvalue weighted by atomic mass is 35.5. The van der Waals surface area contributed by atoms with Crippen molar-refractivity contribution in [2.75, 3.05) is 14.2 Å². The summed E-state index contributed by atoms with van der Waals surface area (Å²) in [5, 5.41) is 10.6. The molecule has 0 heterocycles. The lowest BCUT2D eigenvalue weighted by atomic mass is 9.91. The number of aliphatic hydroxyl groups excluding tert-OH is 1. The maximum Gasteiger partial charge on any atom is 0.195 e. The number of aliphatic hydroxyl groups is 1. The molecule has 0 aliphatic rings. The van der Waals surface area contributed by atoms with E-state index in [9.17, 15) is 9.90 Å². The highest BCUT2D eigenvalue weighted by molar-refractivity contribution is 6.37. The SMILES string of the molecule is COc1cc(C)c(C(=O)c2c(Cl)ccc(Cl)c2C)c(CO)c1OC. The van der Waals surface area contributed by atoms with E-state index in [1.807, 2.05) is 0 Å². The maximum absolute atomic E-state index is 13.2. The molecule has 0 radical (unpaired) electrons. The van der Waals surface area contributed by atoms with Gasteiger partial charge in [-0.05, 0) is 43.2 Å². The first-order valence-corrected chi connectivity index (χ1v) is 7.97. The second-order valence-electron chi connectivity index (χ2n) is 5.30. The van der Waals surface area contributed by atoms with Crippen molar-refractivity contribution in [2.24, 2.45) is 0 Å². The van der Waals surface area contributed by atoms with E-state index in [1.54, 1.807) is 32.0 Å². The number of benzene rings is 2. The number of carbonyl (C=O) groups is 1. The number of aryl methyl sites for hydroxylation is 1. The Morgan fingerprint density at radius 1 is 1.08 bits per heavy atom. The zero-order valence-electron chi connectivity index (χ0n) is 13.9. The van der Waals surface area contributed by atoms with Crippen molar-refractivity contribution in [3.8, 4) is 11.5 Å². The highest BCUT2D eigenvalue weighted by Gasteiger charge is 2.26. The molecule has 0 saturated carbocycles. The van der Waals surface area contributed by atoms with Crippen LogP contribution in [0.4, 0.5) is 0 Å². The molecule has 0 bridgehead atoms. The van der Waals surface area contributed by atoms with Gasteiger partial charge in [0.25, 0.3) is 0 Å². The van der Waals surface area contributed by atoms with Crippen molar-refractivity contribution >= 4 is 29.0 Å². The van der Waals surface area contributed by atoms with Crippen LogP contribution in [-0.2, 0) is 6.61 Å². The van der Waals surface area contributed by atoms with Crippen LogP contribution < -0.4 is 9.47 Å². The van der Waals surface area contributed by atoms with Crippen molar-refractivity contribution < 1.29 is 19.4 Å². The van der Waals surface area contributed by atoms with Gasteiger partial charge in [0.1, 0.15) is 0 Å². The summed E-state index contributed by atoms with van der Waals surface area (Å²) in [6.45, 7) is 3.12. The molecular formula is C18H18Cl2O4. The molecule has 0 aromatic heterocycles. The fourth-order valence-corrected chi connectivity index (χ4v) is 3.18. The number of rotatable bonds is 5. The summed E-state index contributed by atoms with van der Waals surface area (Å²) in [4.78, 5) is 13.2. The van der Waals surface area contributed by atoms with Crippen molar-refractivity contribution in [3.05, 3.63) is 56.1 Å². The maximum atomic E-state index is 13.2. The van der Waals surface area contributed by atoms with Crippen molar-refractivity contribution in [2.45, 2.75) is 20.5 Å². The molecule has 0 saturated heterocycles. The summed E-state index contributed by atoms with van der Waals surface area (Å²) in [6, 6.07) is 4.92. The highest BCUT2D eigenvalue weighted by Crippen LogP contribution is 2.38. The van der Waals surface area contributed by atoms with Gasteiger partial charge in [-0.3, -0.25) is 4.79 Å². The molecule has 0 aliphatic heterocycles. The summed E-state index contributed by atoms with van der Waals surface area (Å²) in [7, 11) is 2.95. The van der Waals surface area contributed by atoms with Crippen LogP contribution in [0, 0.1) is 13.8 Å². The van der Waals surface area contributed by atoms with E-state index in [-0.39, 0.29) is 12.4 Å². The lowest BCUT2D eigenvalue weighted by molar-refractivity contribution is 0.103. The van der Waals surface area contributed by atoms with Gasteiger partial charge in [0.05, 0.1) is 25.8 Å². The first kappa shape index (κ1) is 18.6. The summed E-state index contributed by atoms with van der Waals surface area (Å²) in [5.74, 6) is 0.455. The third-order valence-electron chi connectivity index (χ3n) is 3.93. The number of methoxy groups -OCH3 is 2. The molecule has 1 N–H and O–H groups in total. The molecular weight excluding hydrogens is 351 g/mol. The minimum absolute atomic E-state index is 0.306. The minimum Gasteiger partial charge on any atom is -0.493 e. The molecule has 0 aliphatic carbocycles. The molecule has 2 aromatic rings. The Kier molecular flexibility index (Phi) is 5.75. The second-order valence-corrected chi connectivity index (χ2v) is 6.11. The van der Waals surface area contributed by atoms with Crippen LogP contribution in [0.5, 0.6) is 11.5 Å². The van der Waals surface area contributed by atoms with Crippen LogP contribution in [0.15, 0.2) is 18.2 Å². The van der Waals surface area contributed by atoms with E-state index in [1.165, 1.54) is 14.2 Å². The Labute approximate surface area is 150 Å². The van der Waals surface area contributed by atoms with Gasteiger partial charge in [-0.1, -0.05) is 23.2 Å². The molecule has 2 rings (SSSR count). The average molecular weight is 369 g/mol. The number of hydrogen-bond acceptors (Lipinski definition) is 4. The topological polar surface area (TPSA) is 55.8 Å². The number of ketones is 1. The van der Waals surface area contributed by atoms with Gasteiger partial charge >= 0.3 is 0 Å². The third kappa shape index (κ3) is 3.09. The normalized spacial score (nSPS) is 10.6. The summed E-state index contributed by atoms with van der Waals surface area (Å²) in [5.41, 5.74) is 2.25. The van der Waals surface area contributed by atoms with E-state index in [0.29, 0.717) is 49.4 Å². The Bertz CT molecular complexity index is 800. The minimum atomic E-state index is -0.375. The molecule has 0 fully saturated rings. The van der Waals surface area contributed by atoms with E-state index in [4.69, 9.17) is 32.7 Å². The lowest BCUT2D eigenvalue weighted by Gasteiger charge is -2.18. The van der Waals surface area contributed by atoms with Gasteiger partial charge in [0.15, 0.2) is 17.3 Å². The zero-order chi connectivity index (χ0) is 18.0. The third-order valence-corrected chi connectivity index (χ3v) is 4.65. The summed E-state index contributed by atoms with van der Waals surface area (Å²) < 4.78 is 10.6. The smallest absolute Gasteiger partial charge is 0.195 e. The first-order chi connectivity index (χ1) is 11.4. The van der Waals surface area contributed by atoms with E-state index in [2.05, 4.69) is 0 Å². The van der Waals surface area contributed by atoms with Gasteiger partial charge in [-0.2, -0.15) is 0 Å². The lowest BCUT2D eigenvalue weighted by Crippen LogP contribution is -2.12. The zero-order valence-corrected chi connectivity index (χ0v) is 15.4. The Balaban J connectivity index is 2.78. The number of halogens is 2. The van der Waals surface area contributed by atoms with Gasteiger partial charge < -0.3 is 14.6 Å². The van der Waals surface area contributed by atoms with Gasteiger partial charge in [-0.25, -0.2) is 0 Å². The standard InChI is InChI=1S/C18H18Cl2O4/c1-9-7-14(23-3)18(24-4)11(8-21)15(9)17(22)16-10(2)12(19)5-6-13(16)20/h5-7,21H,8H2,1-4H3. The van der Waals surface area contributed by atoms with E-state index >= 15 is 0 Å². The predicted octanol–water partition coefficient (Wildman–Crippen LogP) is 4.35. The van der Waals surface area contributed by atoms with E-state index < -0.39 is 0 Å².